The number of anilines is 1. The number of rotatable bonds is 2. The van der Waals surface area contributed by atoms with Gasteiger partial charge in [0.2, 0.25) is 0 Å². The molecule has 23 heavy (non-hydrogen) atoms. The highest BCUT2D eigenvalue weighted by Gasteiger charge is 2.35. The van der Waals surface area contributed by atoms with Crippen LogP contribution in [-0.2, 0) is 0 Å². The van der Waals surface area contributed by atoms with Gasteiger partial charge in [0.15, 0.2) is 0 Å². The molecule has 2 heterocycles. The fourth-order valence-corrected chi connectivity index (χ4v) is 3.97. The minimum Gasteiger partial charge on any atom is -0.465 e. The number of piperidine rings is 2. The molecule has 1 aromatic carbocycles. The van der Waals surface area contributed by atoms with Crippen molar-refractivity contribution in [3.63, 3.8) is 0 Å². The Morgan fingerprint density at radius 3 is 2.70 bits per heavy atom. The molecule has 4 nitrogen and oxygen atoms in total. The summed E-state index contributed by atoms with van der Waals surface area (Å²) in [5.74, 6) is -0.932. The molecule has 2 atom stereocenters. The van der Waals surface area contributed by atoms with Crippen LogP contribution in [0.1, 0.15) is 32.1 Å². The third-order valence-corrected chi connectivity index (χ3v) is 5.05. The molecule has 0 spiro atoms. The molecule has 2 unspecified atom stereocenters. The van der Waals surface area contributed by atoms with Crippen molar-refractivity contribution in [3.8, 4) is 0 Å². The van der Waals surface area contributed by atoms with E-state index in [1.807, 2.05) is 4.90 Å². The lowest BCUT2D eigenvalue weighted by Crippen LogP contribution is -2.51. The van der Waals surface area contributed by atoms with Crippen LogP contribution in [0.2, 0.25) is 0 Å². The van der Waals surface area contributed by atoms with Gasteiger partial charge in [0.25, 0.3) is 0 Å². The lowest BCUT2D eigenvalue weighted by Gasteiger charge is -2.43. The van der Waals surface area contributed by atoms with Gasteiger partial charge in [0.1, 0.15) is 11.6 Å². The van der Waals surface area contributed by atoms with Crippen molar-refractivity contribution >= 4 is 11.8 Å². The summed E-state index contributed by atoms with van der Waals surface area (Å²) >= 11 is 0. The Kier molecular flexibility index (Phi) is 4.68. The smallest absolute Gasteiger partial charge is 0.407 e. The summed E-state index contributed by atoms with van der Waals surface area (Å²) in [6.07, 6.45) is 3.80. The Morgan fingerprint density at radius 2 is 1.96 bits per heavy atom. The summed E-state index contributed by atoms with van der Waals surface area (Å²) in [4.78, 5) is 14.9. The lowest BCUT2D eigenvalue weighted by molar-refractivity contribution is 0.0779. The Morgan fingerprint density at radius 1 is 1.13 bits per heavy atom. The zero-order chi connectivity index (χ0) is 16.4. The van der Waals surface area contributed by atoms with Gasteiger partial charge in [-0.15, -0.1) is 0 Å². The minimum absolute atomic E-state index is 0.00700. The standard InChI is InChI=1S/C17H22F2N2O2/c18-13-6-7-16(14(19)10-13)20-8-3-4-12(11-20)15-5-1-2-9-21(15)17(22)23/h6-7,10,12,15H,1-5,8-9,11H2,(H,22,23). The van der Waals surface area contributed by atoms with Crippen molar-refractivity contribution in [3.05, 3.63) is 29.8 Å². The van der Waals surface area contributed by atoms with Gasteiger partial charge in [-0.2, -0.15) is 0 Å². The van der Waals surface area contributed by atoms with Crippen LogP contribution in [0, 0.1) is 17.6 Å². The summed E-state index contributed by atoms with van der Waals surface area (Å²) in [6, 6.07) is 3.66. The SMILES string of the molecule is O=C(O)N1CCCCC1C1CCCN(c2ccc(F)cc2F)C1. The van der Waals surface area contributed by atoms with Gasteiger partial charge in [-0.05, 0) is 50.2 Å². The molecule has 2 aliphatic heterocycles. The van der Waals surface area contributed by atoms with Gasteiger partial charge in [-0.1, -0.05) is 0 Å². The second-order valence-corrected chi connectivity index (χ2v) is 6.48. The molecule has 6 heteroatoms. The maximum Gasteiger partial charge on any atom is 0.407 e. The highest BCUT2D eigenvalue weighted by atomic mass is 19.1. The molecule has 0 aliphatic carbocycles. The molecule has 126 valence electrons. The quantitative estimate of drug-likeness (QED) is 0.902. The number of hydrogen-bond acceptors (Lipinski definition) is 2. The van der Waals surface area contributed by atoms with E-state index in [0.29, 0.717) is 18.8 Å². The average Bonchev–Trinajstić information content (AvgIpc) is 2.55. The van der Waals surface area contributed by atoms with Crippen LogP contribution >= 0.6 is 0 Å². The van der Waals surface area contributed by atoms with Gasteiger partial charge < -0.3 is 14.9 Å². The normalized spacial score (nSPS) is 25.5. The summed E-state index contributed by atoms with van der Waals surface area (Å²) in [5.41, 5.74) is 0.411. The maximum atomic E-state index is 14.0. The Labute approximate surface area is 134 Å². The fourth-order valence-electron chi connectivity index (χ4n) is 3.97. The molecule has 0 bridgehead atoms. The predicted octanol–water partition coefficient (Wildman–Crippen LogP) is 3.71. The van der Waals surface area contributed by atoms with Gasteiger partial charge in [0, 0.05) is 31.7 Å². The van der Waals surface area contributed by atoms with Crippen molar-refractivity contribution in [2.45, 2.75) is 38.1 Å². The van der Waals surface area contributed by atoms with Crippen molar-refractivity contribution in [1.29, 1.82) is 0 Å². The monoisotopic (exact) mass is 324 g/mol. The highest BCUT2D eigenvalue weighted by Crippen LogP contribution is 2.32. The largest absolute Gasteiger partial charge is 0.465 e. The lowest BCUT2D eigenvalue weighted by atomic mass is 9.84. The summed E-state index contributed by atoms with van der Waals surface area (Å²) < 4.78 is 27.1. The van der Waals surface area contributed by atoms with Crippen LogP contribution in [0.15, 0.2) is 18.2 Å². The van der Waals surface area contributed by atoms with E-state index in [2.05, 4.69) is 0 Å². The Hall–Kier alpha value is -1.85. The predicted molar refractivity (Wildman–Crippen MR) is 83.7 cm³/mol. The van der Waals surface area contributed by atoms with Crippen LogP contribution in [0.3, 0.4) is 0 Å². The van der Waals surface area contributed by atoms with Crippen LogP contribution in [0.5, 0.6) is 0 Å². The van der Waals surface area contributed by atoms with Gasteiger partial charge in [-0.25, -0.2) is 13.6 Å². The summed E-state index contributed by atoms with van der Waals surface area (Å²) in [6.45, 7) is 1.93. The molecule has 1 N–H and O–H groups in total. The van der Waals surface area contributed by atoms with E-state index < -0.39 is 17.7 Å². The molecule has 2 fully saturated rings. The number of nitrogens with zero attached hydrogens (tertiary/aromatic N) is 2. The van der Waals surface area contributed by atoms with E-state index in [1.54, 1.807) is 4.90 Å². The zero-order valence-electron chi connectivity index (χ0n) is 13.0. The molecule has 2 aliphatic rings. The van der Waals surface area contributed by atoms with Crippen LogP contribution in [0.4, 0.5) is 19.3 Å². The number of carboxylic acid groups (broad SMARTS) is 1. The number of halogens is 2. The fraction of sp³-hybridized carbons (Fsp3) is 0.588. The number of hydrogen-bond donors (Lipinski definition) is 1. The first kappa shape index (κ1) is 16.0. The average molecular weight is 324 g/mol. The van der Waals surface area contributed by atoms with Gasteiger partial charge >= 0.3 is 6.09 Å². The van der Waals surface area contributed by atoms with Crippen LogP contribution in [-0.4, -0.2) is 41.8 Å². The highest BCUT2D eigenvalue weighted by molar-refractivity contribution is 5.65. The van der Waals surface area contributed by atoms with Crippen molar-refractivity contribution in [2.75, 3.05) is 24.5 Å². The van der Waals surface area contributed by atoms with E-state index in [0.717, 1.165) is 44.7 Å². The van der Waals surface area contributed by atoms with E-state index >= 15 is 0 Å². The van der Waals surface area contributed by atoms with Crippen LogP contribution < -0.4 is 4.90 Å². The van der Waals surface area contributed by atoms with Gasteiger partial charge in [-0.3, -0.25) is 0 Å². The first-order chi connectivity index (χ1) is 11.1. The molecule has 3 rings (SSSR count). The van der Waals surface area contributed by atoms with E-state index in [9.17, 15) is 18.7 Å². The molecule has 0 radical (unpaired) electrons. The molecule has 0 aromatic heterocycles. The number of benzene rings is 1. The van der Waals surface area contributed by atoms with Crippen LogP contribution in [0.25, 0.3) is 0 Å². The minimum atomic E-state index is -0.861. The second-order valence-electron chi connectivity index (χ2n) is 6.48. The van der Waals surface area contributed by atoms with E-state index in [1.165, 1.54) is 12.1 Å². The first-order valence-electron chi connectivity index (χ1n) is 8.26. The number of amides is 1. The molecule has 1 aromatic rings. The summed E-state index contributed by atoms with van der Waals surface area (Å²) in [7, 11) is 0. The topological polar surface area (TPSA) is 43.8 Å². The third kappa shape index (κ3) is 3.41. The van der Waals surface area contributed by atoms with Crippen molar-refractivity contribution in [1.82, 2.24) is 4.90 Å². The summed E-state index contributed by atoms with van der Waals surface area (Å²) in [5, 5.41) is 9.41. The zero-order valence-corrected chi connectivity index (χ0v) is 13.0. The second kappa shape index (κ2) is 6.72. The molecular formula is C17H22F2N2O2. The van der Waals surface area contributed by atoms with Crippen molar-refractivity contribution < 1.29 is 18.7 Å². The molecule has 1 amide bonds. The van der Waals surface area contributed by atoms with Crippen molar-refractivity contribution in [2.24, 2.45) is 5.92 Å². The third-order valence-electron chi connectivity index (χ3n) is 5.05. The number of carbonyl (C=O) groups is 1. The Balaban J connectivity index is 1.76. The van der Waals surface area contributed by atoms with E-state index in [4.69, 9.17) is 0 Å². The first-order valence-corrected chi connectivity index (χ1v) is 8.26. The molecular weight excluding hydrogens is 302 g/mol. The molecule has 2 saturated heterocycles. The molecule has 0 saturated carbocycles. The Bertz CT molecular complexity index is 582. The van der Waals surface area contributed by atoms with Gasteiger partial charge in [0.05, 0.1) is 5.69 Å². The maximum absolute atomic E-state index is 14.0. The van der Waals surface area contributed by atoms with E-state index in [-0.39, 0.29) is 12.0 Å². The number of likely N-dealkylation sites (tertiary alicyclic amines) is 1.